The Bertz CT molecular complexity index is 1090. The molecule has 0 aliphatic heterocycles. The highest BCUT2D eigenvalue weighted by molar-refractivity contribution is 5.69. The first kappa shape index (κ1) is 68.5. The number of unbranched alkanes of at least 4 members (excludes halogenated alkanes) is 34. The maximum atomic E-state index is 13.2. The highest BCUT2D eigenvalue weighted by Gasteiger charge is 2.35. The van der Waals surface area contributed by atoms with Crippen molar-refractivity contribution in [3.8, 4) is 0 Å². The lowest BCUT2D eigenvalue weighted by Gasteiger charge is -2.36. The Kier molecular flexibility index (Phi) is 53.6. The van der Waals surface area contributed by atoms with E-state index in [2.05, 4.69) is 78.4 Å². The third kappa shape index (κ3) is 52.2. The van der Waals surface area contributed by atoms with E-state index >= 15 is 0 Å². The van der Waals surface area contributed by atoms with E-state index in [0.717, 1.165) is 56.0 Å². The van der Waals surface area contributed by atoms with E-state index in [9.17, 15) is 9.59 Å². The Morgan fingerprint density at radius 1 is 0.353 bits per heavy atom. The van der Waals surface area contributed by atoms with Crippen molar-refractivity contribution in [1.29, 1.82) is 0 Å². The fourth-order valence-electron chi connectivity index (χ4n) is 9.07. The minimum Gasteiger partial charge on any atom is -1.00 e. The van der Waals surface area contributed by atoms with Crippen LogP contribution in [-0.2, 0) is 19.1 Å². The normalized spacial score (nSPS) is 12.9. The van der Waals surface area contributed by atoms with Gasteiger partial charge < -0.3 is 26.4 Å². The van der Waals surface area contributed by atoms with Gasteiger partial charge in [0.05, 0.1) is 27.7 Å². The van der Waals surface area contributed by atoms with Crippen molar-refractivity contribution >= 4 is 11.9 Å². The van der Waals surface area contributed by atoms with Gasteiger partial charge in [0.25, 0.3) is 0 Å². The lowest BCUT2D eigenvalue weighted by Crippen LogP contribution is -3.00. The zero-order valence-electron chi connectivity index (χ0n) is 46.7. The Balaban J connectivity index is 0. The first-order chi connectivity index (χ1) is 32.7. The summed E-state index contributed by atoms with van der Waals surface area (Å²) in [7, 11) is 6.68. The van der Waals surface area contributed by atoms with E-state index in [1.807, 2.05) is 0 Å². The van der Waals surface area contributed by atoms with Crippen LogP contribution in [0, 0.1) is 5.41 Å². The van der Waals surface area contributed by atoms with Gasteiger partial charge in [-0.25, -0.2) is 0 Å². The van der Waals surface area contributed by atoms with Crippen LogP contribution >= 0.6 is 0 Å². The molecule has 0 aromatic rings. The van der Waals surface area contributed by atoms with Gasteiger partial charge in [0.1, 0.15) is 13.2 Å². The molecule has 1 unspecified atom stereocenters. The molecular weight excluding hydrogens is 858 g/mol. The van der Waals surface area contributed by atoms with Gasteiger partial charge in [-0.15, -0.1) is 0 Å². The van der Waals surface area contributed by atoms with Gasteiger partial charge in [0, 0.05) is 24.7 Å². The van der Waals surface area contributed by atoms with Crippen LogP contribution in [0.5, 0.6) is 0 Å². The van der Waals surface area contributed by atoms with Crippen molar-refractivity contribution in [1.82, 2.24) is 0 Å². The van der Waals surface area contributed by atoms with Crippen LogP contribution in [0.1, 0.15) is 303 Å². The van der Waals surface area contributed by atoms with Crippen molar-refractivity contribution in [2.24, 2.45) is 5.41 Å². The Hall–Kier alpha value is -1.59. The molecule has 68 heavy (non-hydrogen) atoms. The second-order valence-electron chi connectivity index (χ2n) is 21.9. The predicted octanol–water partition coefficient (Wildman–Crippen LogP) is 16.7. The summed E-state index contributed by atoms with van der Waals surface area (Å²) < 4.78 is 13.1. The van der Waals surface area contributed by atoms with Gasteiger partial charge in [0.2, 0.25) is 0 Å². The molecule has 0 fully saturated rings. The molecule has 0 saturated heterocycles. The number of rotatable bonds is 53. The molecule has 0 aliphatic carbocycles. The Morgan fingerprint density at radius 3 is 0.882 bits per heavy atom. The van der Waals surface area contributed by atoms with E-state index in [1.165, 1.54) is 225 Å². The summed E-state index contributed by atoms with van der Waals surface area (Å²) >= 11 is 0. The standard InChI is InChI=1S/C62H118NO4.ClH/c1-7-10-13-16-19-22-25-28-31-34-37-40-43-46-49-52-55-62(56-57-63(4,5)6,58-66-60(64)53-50-47-44-41-38-35-32-29-26-23-20-17-14-11-8-2)59-67-61(65)54-51-48-45-42-39-36-33-30-27-24-21-18-15-12-9-3;/h28-33H,7-27,34-59H2,1-6H3;1H/q+1;/p-1/b31-28-,32-29-,33-30?;. The third-order valence-corrected chi connectivity index (χ3v) is 13.9. The molecule has 0 spiro atoms. The van der Waals surface area contributed by atoms with E-state index in [-0.39, 0.29) is 29.8 Å². The second kappa shape index (κ2) is 53.2. The summed E-state index contributed by atoms with van der Waals surface area (Å²) in [4.78, 5) is 26.4. The van der Waals surface area contributed by atoms with Crippen molar-refractivity contribution in [2.45, 2.75) is 303 Å². The van der Waals surface area contributed by atoms with Crippen molar-refractivity contribution in [3.63, 3.8) is 0 Å². The van der Waals surface area contributed by atoms with E-state index in [0.29, 0.717) is 26.1 Å². The molecule has 0 N–H and O–H groups in total. The van der Waals surface area contributed by atoms with Crippen LogP contribution in [0.3, 0.4) is 0 Å². The molecule has 0 aromatic heterocycles. The van der Waals surface area contributed by atoms with Crippen LogP contribution in [0.4, 0.5) is 0 Å². The topological polar surface area (TPSA) is 52.6 Å². The quantitative estimate of drug-likeness (QED) is 0.0264. The van der Waals surface area contributed by atoms with Crippen molar-refractivity contribution in [3.05, 3.63) is 36.5 Å². The van der Waals surface area contributed by atoms with Gasteiger partial charge in [-0.1, -0.05) is 224 Å². The van der Waals surface area contributed by atoms with Gasteiger partial charge in [-0.2, -0.15) is 0 Å². The van der Waals surface area contributed by atoms with Crippen molar-refractivity contribution < 1.29 is 36.0 Å². The number of hydrogen-bond donors (Lipinski definition) is 0. The van der Waals surface area contributed by atoms with Crippen LogP contribution in [-0.4, -0.2) is 57.3 Å². The number of hydrogen-bond acceptors (Lipinski definition) is 4. The average molecular weight is 977 g/mol. The predicted molar refractivity (Wildman–Crippen MR) is 295 cm³/mol. The molecule has 5 nitrogen and oxygen atoms in total. The lowest BCUT2D eigenvalue weighted by molar-refractivity contribution is -0.871. The number of ether oxygens (including phenoxy) is 2. The molecule has 0 radical (unpaired) electrons. The minimum atomic E-state index is -0.344. The number of carbonyl (C=O) groups excluding carboxylic acids is 2. The second-order valence-corrected chi connectivity index (χ2v) is 21.9. The zero-order valence-corrected chi connectivity index (χ0v) is 47.4. The monoisotopic (exact) mass is 976 g/mol. The first-order valence-corrected chi connectivity index (χ1v) is 29.7. The zero-order chi connectivity index (χ0) is 49.0. The molecule has 402 valence electrons. The van der Waals surface area contributed by atoms with Crippen LogP contribution in [0.25, 0.3) is 0 Å². The SMILES string of the molecule is CCCCCCCCC=CCCCCCCCC(=O)OCC(CCCCCCCC/C=C\CCCCCCCC)(CC[N+](C)(C)C)COC(=O)CCCCCCC/C=C\CCCCCCCC.[Cl-]. The summed E-state index contributed by atoms with van der Waals surface area (Å²) in [5, 5.41) is 0. The Labute approximate surface area is 432 Å². The average Bonchev–Trinajstić information content (AvgIpc) is 3.31. The summed E-state index contributed by atoms with van der Waals surface area (Å²) in [6.45, 7) is 8.49. The molecule has 6 heteroatoms. The van der Waals surface area contributed by atoms with Gasteiger partial charge in [-0.05, 0) is 96.3 Å². The molecule has 0 aromatic carbocycles. The molecule has 0 rings (SSSR count). The van der Waals surface area contributed by atoms with Crippen LogP contribution in [0.15, 0.2) is 36.5 Å². The lowest BCUT2D eigenvalue weighted by atomic mass is 9.80. The number of nitrogens with zero attached hydrogens (tertiary/aromatic N) is 1. The maximum absolute atomic E-state index is 13.2. The summed E-state index contributed by atoms with van der Waals surface area (Å²) in [6.07, 6.45) is 67.4. The summed E-state index contributed by atoms with van der Waals surface area (Å²) in [5.74, 6) is -0.180. The number of halogens is 1. The van der Waals surface area contributed by atoms with Crippen molar-refractivity contribution in [2.75, 3.05) is 40.9 Å². The Morgan fingerprint density at radius 2 is 0.603 bits per heavy atom. The van der Waals surface area contributed by atoms with Crippen LogP contribution < -0.4 is 12.4 Å². The van der Waals surface area contributed by atoms with Crippen LogP contribution in [0.2, 0.25) is 0 Å². The highest BCUT2D eigenvalue weighted by atomic mass is 35.5. The molecule has 0 bridgehead atoms. The highest BCUT2D eigenvalue weighted by Crippen LogP contribution is 2.33. The molecule has 0 amide bonds. The van der Waals surface area contributed by atoms with Gasteiger partial charge in [-0.3, -0.25) is 9.59 Å². The molecule has 0 aliphatic rings. The minimum absolute atomic E-state index is 0. The number of quaternary nitrogens is 1. The summed E-state index contributed by atoms with van der Waals surface area (Å²) in [6, 6.07) is 0. The largest absolute Gasteiger partial charge is 1.00 e. The summed E-state index contributed by atoms with van der Waals surface area (Å²) in [5.41, 5.74) is -0.344. The number of allylic oxidation sites excluding steroid dienone is 6. The first-order valence-electron chi connectivity index (χ1n) is 29.7. The molecule has 0 heterocycles. The fourth-order valence-corrected chi connectivity index (χ4v) is 9.07. The van der Waals surface area contributed by atoms with E-state index in [1.54, 1.807) is 0 Å². The van der Waals surface area contributed by atoms with E-state index in [4.69, 9.17) is 9.47 Å². The number of carbonyl (C=O) groups is 2. The molecule has 1 atom stereocenters. The maximum Gasteiger partial charge on any atom is 0.305 e. The fraction of sp³-hybridized carbons (Fsp3) is 0.871. The van der Waals surface area contributed by atoms with Gasteiger partial charge in [0.15, 0.2) is 0 Å². The molecular formula is C62H118ClNO4. The smallest absolute Gasteiger partial charge is 0.305 e. The third-order valence-electron chi connectivity index (χ3n) is 13.9. The van der Waals surface area contributed by atoms with Gasteiger partial charge >= 0.3 is 11.9 Å². The number of esters is 2. The molecule has 0 saturated carbocycles. The van der Waals surface area contributed by atoms with E-state index < -0.39 is 0 Å².